The first-order chi connectivity index (χ1) is 15.2. The molecule has 31 heavy (non-hydrogen) atoms. The first kappa shape index (κ1) is 23.5. The summed E-state index contributed by atoms with van der Waals surface area (Å²) in [5, 5.41) is 20.8. The van der Waals surface area contributed by atoms with Crippen molar-refractivity contribution in [3.63, 3.8) is 0 Å². The van der Waals surface area contributed by atoms with E-state index >= 15 is 0 Å². The first-order valence-electron chi connectivity index (χ1n) is 10.0. The van der Waals surface area contributed by atoms with Gasteiger partial charge in [0.05, 0.1) is 32.3 Å². The molecule has 3 rings (SSSR count). The first-order valence-corrected chi connectivity index (χ1v) is 12.5. The molecule has 0 aromatic heterocycles. The molecule has 0 aliphatic heterocycles. The highest BCUT2D eigenvalue weighted by atomic mass is 33.1. The molecule has 0 aliphatic rings. The molecular formula is C25H28O4S2. The fraction of sp³-hybridized carbons (Fsp3) is 0.280. The summed E-state index contributed by atoms with van der Waals surface area (Å²) in [6, 6.07) is 25.9. The molecule has 0 aliphatic carbocycles. The molecule has 1 unspecified atom stereocenters. The topological polar surface area (TPSA) is 58.9 Å². The number of aliphatic hydroxyl groups excluding tert-OH is 2. The summed E-state index contributed by atoms with van der Waals surface area (Å²) in [6.45, 7) is 0.120. The number of methoxy groups -OCH3 is 2. The quantitative estimate of drug-likeness (QED) is 0.246. The van der Waals surface area contributed by atoms with E-state index in [0.717, 1.165) is 28.2 Å². The van der Waals surface area contributed by atoms with Crippen molar-refractivity contribution in [1.82, 2.24) is 0 Å². The van der Waals surface area contributed by atoms with Gasteiger partial charge in [-0.25, -0.2) is 0 Å². The lowest BCUT2D eigenvalue weighted by Crippen LogP contribution is -2.43. The molecule has 0 spiro atoms. The van der Waals surface area contributed by atoms with Gasteiger partial charge in [0.15, 0.2) is 0 Å². The minimum Gasteiger partial charge on any atom is -0.497 e. The maximum absolute atomic E-state index is 11.7. The van der Waals surface area contributed by atoms with Crippen LogP contribution in [0, 0.1) is 0 Å². The minimum absolute atomic E-state index is 0.120. The van der Waals surface area contributed by atoms with Crippen LogP contribution in [0.25, 0.3) is 0 Å². The standard InChI is InChI=1S/C25H28O4S2/c1-28-22-12-8-20(9-13-22)25(19-6-4-3-5-7-19,24(27)18-31-30-17-16-26)21-10-14-23(29-2)15-11-21/h3-15,24,26-27H,16-18H2,1-2H3. The number of aliphatic hydroxyl groups is 2. The average Bonchev–Trinajstić information content (AvgIpc) is 2.84. The molecule has 6 heteroatoms. The predicted octanol–water partition coefficient (Wildman–Crippen LogP) is 4.77. The largest absolute Gasteiger partial charge is 0.497 e. The summed E-state index contributed by atoms with van der Waals surface area (Å²) in [6.07, 6.45) is -0.715. The van der Waals surface area contributed by atoms with Crippen molar-refractivity contribution in [2.45, 2.75) is 11.5 Å². The van der Waals surface area contributed by atoms with Crippen LogP contribution in [0.4, 0.5) is 0 Å². The van der Waals surface area contributed by atoms with Crippen LogP contribution in [-0.2, 0) is 5.41 Å². The van der Waals surface area contributed by atoms with Crippen molar-refractivity contribution in [2.24, 2.45) is 0 Å². The van der Waals surface area contributed by atoms with E-state index in [2.05, 4.69) is 12.1 Å². The highest BCUT2D eigenvalue weighted by Gasteiger charge is 2.43. The molecule has 0 fully saturated rings. The molecule has 0 amide bonds. The number of hydrogen-bond acceptors (Lipinski definition) is 6. The Hall–Kier alpha value is -2.12. The summed E-state index contributed by atoms with van der Waals surface area (Å²) >= 11 is 0. The van der Waals surface area contributed by atoms with Gasteiger partial charge >= 0.3 is 0 Å². The van der Waals surface area contributed by atoms with Crippen LogP contribution in [-0.4, -0.2) is 48.6 Å². The van der Waals surface area contributed by atoms with E-state index < -0.39 is 11.5 Å². The molecule has 2 N–H and O–H groups in total. The Labute approximate surface area is 192 Å². The molecule has 0 saturated heterocycles. The van der Waals surface area contributed by atoms with Crippen LogP contribution in [0.1, 0.15) is 16.7 Å². The Kier molecular flexibility index (Phi) is 8.72. The van der Waals surface area contributed by atoms with Crippen molar-refractivity contribution in [3.05, 3.63) is 95.6 Å². The molecule has 1 atom stereocenters. The number of hydrogen-bond donors (Lipinski definition) is 2. The third-order valence-electron chi connectivity index (χ3n) is 5.30. The van der Waals surface area contributed by atoms with Gasteiger partial charge in [0, 0.05) is 11.5 Å². The van der Waals surface area contributed by atoms with E-state index in [4.69, 9.17) is 14.6 Å². The molecule has 3 aromatic carbocycles. The van der Waals surface area contributed by atoms with Crippen molar-refractivity contribution in [2.75, 3.05) is 32.3 Å². The zero-order valence-electron chi connectivity index (χ0n) is 17.7. The SMILES string of the molecule is COc1ccc(C(c2ccccc2)(c2ccc(OC)cc2)C(O)CSSCCO)cc1. The van der Waals surface area contributed by atoms with Crippen LogP contribution >= 0.6 is 21.6 Å². The molecule has 0 saturated carbocycles. The highest BCUT2D eigenvalue weighted by Crippen LogP contribution is 2.44. The predicted molar refractivity (Wildman–Crippen MR) is 130 cm³/mol. The van der Waals surface area contributed by atoms with Gasteiger partial charge in [-0.1, -0.05) is 76.2 Å². The minimum atomic E-state index is -0.785. The third-order valence-corrected chi connectivity index (χ3v) is 7.68. The smallest absolute Gasteiger partial charge is 0.118 e. The van der Waals surface area contributed by atoms with Gasteiger partial charge in [0.1, 0.15) is 11.5 Å². The van der Waals surface area contributed by atoms with Gasteiger partial charge in [0.25, 0.3) is 0 Å². The molecule has 4 nitrogen and oxygen atoms in total. The van der Waals surface area contributed by atoms with Crippen LogP contribution in [0.3, 0.4) is 0 Å². The Bertz CT molecular complexity index is 867. The van der Waals surface area contributed by atoms with Crippen molar-refractivity contribution in [1.29, 1.82) is 0 Å². The second kappa shape index (κ2) is 11.5. The normalized spacial score (nSPS) is 12.4. The van der Waals surface area contributed by atoms with E-state index in [1.807, 2.05) is 66.7 Å². The van der Waals surface area contributed by atoms with Crippen molar-refractivity contribution in [3.8, 4) is 11.5 Å². The van der Waals surface area contributed by atoms with Gasteiger partial charge in [-0.2, -0.15) is 0 Å². The van der Waals surface area contributed by atoms with Gasteiger partial charge in [-0.05, 0) is 41.0 Å². The van der Waals surface area contributed by atoms with Crippen LogP contribution < -0.4 is 9.47 Å². The van der Waals surface area contributed by atoms with Crippen molar-refractivity contribution >= 4 is 21.6 Å². The maximum atomic E-state index is 11.7. The van der Waals surface area contributed by atoms with Gasteiger partial charge in [-0.3, -0.25) is 0 Å². The molecule has 164 valence electrons. The lowest BCUT2D eigenvalue weighted by Gasteiger charge is -2.40. The average molecular weight is 457 g/mol. The van der Waals surface area contributed by atoms with Crippen molar-refractivity contribution < 1.29 is 19.7 Å². The van der Waals surface area contributed by atoms with Gasteiger partial charge in [-0.15, -0.1) is 0 Å². The summed E-state index contributed by atoms with van der Waals surface area (Å²) in [5.74, 6) is 2.66. The van der Waals surface area contributed by atoms with Gasteiger partial charge in [0.2, 0.25) is 0 Å². The monoisotopic (exact) mass is 456 g/mol. The zero-order valence-corrected chi connectivity index (χ0v) is 19.4. The highest BCUT2D eigenvalue weighted by molar-refractivity contribution is 8.76. The van der Waals surface area contributed by atoms with E-state index in [1.54, 1.807) is 35.8 Å². The molecule has 0 bridgehead atoms. The van der Waals surface area contributed by atoms with E-state index in [-0.39, 0.29) is 6.61 Å². The van der Waals surface area contributed by atoms with E-state index in [1.165, 1.54) is 0 Å². The van der Waals surface area contributed by atoms with Gasteiger partial charge < -0.3 is 19.7 Å². The Balaban J connectivity index is 2.18. The Morgan fingerprint density at radius 2 is 1.23 bits per heavy atom. The van der Waals surface area contributed by atoms with E-state index in [0.29, 0.717) is 11.5 Å². The summed E-state index contributed by atoms with van der Waals surface area (Å²) < 4.78 is 10.7. The van der Waals surface area contributed by atoms with E-state index in [9.17, 15) is 5.11 Å². The molecule has 0 radical (unpaired) electrons. The number of ether oxygens (including phenoxy) is 2. The molecular weight excluding hydrogens is 428 g/mol. The maximum Gasteiger partial charge on any atom is 0.118 e. The summed E-state index contributed by atoms with van der Waals surface area (Å²) in [5.41, 5.74) is 2.17. The second-order valence-electron chi connectivity index (χ2n) is 6.98. The van der Waals surface area contributed by atoms with Crippen LogP contribution in [0.2, 0.25) is 0 Å². The lowest BCUT2D eigenvalue weighted by atomic mass is 9.66. The Morgan fingerprint density at radius 1 is 0.742 bits per heavy atom. The fourth-order valence-electron chi connectivity index (χ4n) is 3.82. The van der Waals surface area contributed by atoms with Crippen LogP contribution in [0.5, 0.6) is 11.5 Å². The zero-order chi connectivity index (χ0) is 22.1. The molecule has 3 aromatic rings. The second-order valence-corrected chi connectivity index (χ2v) is 9.60. The summed E-state index contributed by atoms with van der Waals surface area (Å²) in [7, 11) is 6.42. The number of rotatable bonds is 11. The Morgan fingerprint density at radius 3 is 1.68 bits per heavy atom. The third kappa shape index (κ3) is 5.21. The summed E-state index contributed by atoms with van der Waals surface area (Å²) in [4.78, 5) is 0. The number of benzene rings is 3. The van der Waals surface area contributed by atoms with Crippen LogP contribution in [0.15, 0.2) is 78.9 Å². The lowest BCUT2D eigenvalue weighted by molar-refractivity contribution is 0.144. The fourth-order valence-corrected chi connectivity index (χ4v) is 5.74. The molecule has 0 heterocycles.